The molecule has 0 radical (unpaired) electrons. The molecule has 8 heteroatoms. The van der Waals surface area contributed by atoms with E-state index < -0.39 is 0 Å². The number of carbonyl (C=O) groups is 1. The number of aromatic nitrogens is 2. The average Bonchev–Trinajstić information content (AvgIpc) is 3.35. The van der Waals surface area contributed by atoms with Crippen LogP contribution in [0, 0.1) is 0 Å². The van der Waals surface area contributed by atoms with E-state index in [1.54, 1.807) is 30.7 Å². The maximum Gasteiger partial charge on any atom is 0.263 e. The third kappa shape index (κ3) is 2.97. The first kappa shape index (κ1) is 15.4. The van der Waals surface area contributed by atoms with Crippen molar-refractivity contribution in [3.63, 3.8) is 0 Å². The Balaban J connectivity index is 1.40. The first-order valence-electron chi connectivity index (χ1n) is 7.61. The van der Waals surface area contributed by atoms with Gasteiger partial charge in [0.2, 0.25) is 5.89 Å². The predicted molar refractivity (Wildman–Crippen MR) is 89.2 cm³/mol. The summed E-state index contributed by atoms with van der Waals surface area (Å²) in [6.07, 6.45) is 4.75. The van der Waals surface area contributed by atoms with Gasteiger partial charge >= 0.3 is 0 Å². The first-order chi connectivity index (χ1) is 11.7. The maximum atomic E-state index is 12.4. The minimum Gasteiger partial charge on any atom is -0.472 e. The first-order valence-corrected chi connectivity index (χ1v) is 8.81. The van der Waals surface area contributed by atoms with E-state index in [0.717, 1.165) is 18.4 Å². The molecule has 1 aliphatic heterocycles. The van der Waals surface area contributed by atoms with Gasteiger partial charge in [0.15, 0.2) is 0 Å². The van der Waals surface area contributed by atoms with Crippen LogP contribution in [0.25, 0.3) is 11.5 Å². The number of furan rings is 1. The summed E-state index contributed by atoms with van der Waals surface area (Å²) in [6, 6.07) is 5.31. The molecule has 0 atom stereocenters. The zero-order valence-electron chi connectivity index (χ0n) is 12.6. The van der Waals surface area contributed by atoms with Crippen LogP contribution in [-0.4, -0.2) is 34.1 Å². The topological polar surface area (TPSA) is 72.4 Å². The Bertz CT molecular complexity index is 835. The molecule has 4 heterocycles. The van der Waals surface area contributed by atoms with Gasteiger partial charge in [0, 0.05) is 19.0 Å². The van der Waals surface area contributed by atoms with Crippen LogP contribution in [0.2, 0.25) is 4.34 Å². The molecule has 0 N–H and O–H groups in total. The summed E-state index contributed by atoms with van der Waals surface area (Å²) >= 11 is 7.22. The van der Waals surface area contributed by atoms with E-state index in [4.69, 9.17) is 20.4 Å². The summed E-state index contributed by atoms with van der Waals surface area (Å²) in [6.45, 7) is 1.34. The predicted octanol–water partition coefficient (Wildman–Crippen LogP) is 4.06. The summed E-state index contributed by atoms with van der Waals surface area (Å²) in [5.74, 6) is 1.30. The van der Waals surface area contributed by atoms with Crippen molar-refractivity contribution in [1.82, 2.24) is 15.1 Å². The molecule has 3 aromatic heterocycles. The van der Waals surface area contributed by atoms with Crippen LogP contribution in [0.15, 0.2) is 39.6 Å². The SMILES string of the molecule is O=C(c1ccc(Cl)s1)N1CCC(c2nnc(-c3ccoc3)o2)CC1. The molecule has 1 amide bonds. The van der Waals surface area contributed by atoms with Crippen molar-refractivity contribution in [2.45, 2.75) is 18.8 Å². The fraction of sp³-hybridized carbons (Fsp3) is 0.312. The van der Waals surface area contributed by atoms with E-state index in [9.17, 15) is 4.79 Å². The minimum absolute atomic E-state index is 0.0370. The van der Waals surface area contributed by atoms with Crippen LogP contribution in [0.1, 0.15) is 34.3 Å². The molecule has 6 nitrogen and oxygen atoms in total. The van der Waals surface area contributed by atoms with E-state index in [1.165, 1.54) is 11.3 Å². The number of rotatable bonds is 3. The van der Waals surface area contributed by atoms with Crippen LogP contribution in [0.4, 0.5) is 0 Å². The number of likely N-dealkylation sites (tertiary alicyclic amines) is 1. The second-order valence-electron chi connectivity index (χ2n) is 5.63. The molecule has 0 spiro atoms. The number of hydrogen-bond donors (Lipinski definition) is 0. The summed E-state index contributed by atoms with van der Waals surface area (Å²) in [7, 11) is 0. The van der Waals surface area contributed by atoms with Crippen molar-refractivity contribution in [3.8, 4) is 11.5 Å². The molecule has 24 heavy (non-hydrogen) atoms. The van der Waals surface area contributed by atoms with Crippen molar-refractivity contribution in [2.24, 2.45) is 0 Å². The summed E-state index contributed by atoms with van der Waals surface area (Å²) in [4.78, 5) is 15.0. The Hall–Kier alpha value is -2.12. The Labute approximate surface area is 147 Å². The van der Waals surface area contributed by atoms with Gasteiger partial charge in [-0.1, -0.05) is 11.6 Å². The lowest BCUT2D eigenvalue weighted by molar-refractivity contribution is 0.0711. The summed E-state index contributed by atoms with van der Waals surface area (Å²) in [5, 5.41) is 8.22. The lowest BCUT2D eigenvalue weighted by atomic mass is 9.97. The van der Waals surface area contributed by atoms with E-state index in [1.807, 2.05) is 4.90 Å². The fourth-order valence-electron chi connectivity index (χ4n) is 2.82. The fourth-order valence-corrected chi connectivity index (χ4v) is 3.83. The monoisotopic (exact) mass is 363 g/mol. The largest absolute Gasteiger partial charge is 0.472 e. The van der Waals surface area contributed by atoms with E-state index in [-0.39, 0.29) is 11.8 Å². The Morgan fingerprint density at radius 2 is 2.08 bits per heavy atom. The van der Waals surface area contributed by atoms with Gasteiger partial charge in [0.05, 0.1) is 21.0 Å². The van der Waals surface area contributed by atoms with Gasteiger partial charge in [-0.3, -0.25) is 4.79 Å². The molecule has 0 saturated carbocycles. The highest BCUT2D eigenvalue weighted by atomic mass is 35.5. The van der Waals surface area contributed by atoms with Crippen molar-refractivity contribution in [1.29, 1.82) is 0 Å². The average molecular weight is 364 g/mol. The van der Waals surface area contributed by atoms with Gasteiger partial charge in [-0.05, 0) is 31.0 Å². The second kappa shape index (κ2) is 6.41. The molecule has 4 rings (SSSR count). The Kier molecular flexibility index (Phi) is 4.12. The zero-order chi connectivity index (χ0) is 16.5. The molecule has 1 saturated heterocycles. The van der Waals surface area contributed by atoms with Crippen LogP contribution < -0.4 is 0 Å². The maximum absolute atomic E-state index is 12.4. The van der Waals surface area contributed by atoms with Crippen molar-refractivity contribution in [3.05, 3.63) is 45.8 Å². The number of thiophene rings is 1. The minimum atomic E-state index is 0.0370. The molecule has 0 bridgehead atoms. The van der Waals surface area contributed by atoms with Crippen LogP contribution >= 0.6 is 22.9 Å². The lowest BCUT2D eigenvalue weighted by Gasteiger charge is -2.30. The zero-order valence-corrected chi connectivity index (χ0v) is 14.2. The van der Waals surface area contributed by atoms with E-state index in [2.05, 4.69) is 10.2 Å². The van der Waals surface area contributed by atoms with Gasteiger partial charge < -0.3 is 13.7 Å². The van der Waals surface area contributed by atoms with Gasteiger partial charge in [0.1, 0.15) is 6.26 Å². The van der Waals surface area contributed by atoms with E-state index >= 15 is 0 Å². The number of piperidine rings is 1. The third-order valence-electron chi connectivity index (χ3n) is 4.12. The van der Waals surface area contributed by atoms with E-state index in [0.29, 0.717) is 34.1 Å². The van der Waals surface area contributed by atoms with Crippen molar-refractivity contribution in [2.75, 3.05) is 13.1 Å². The number of amides is 1. The van der Waals surface area contributed by atoms with Crippen molar-refractivity contribution < 1.29 is 13.6 Å². The normalized spacial score (nSPS) is 15.8. The molecule has 1 fully saturated rings. The van der Waals surface area contributed by atoms with Gasteiger partial charge in [-0.2, -0.15) is 0 Å². The molecule has 0 aliphatic carbocycles. The molecule has 0 aromatic carbocycles. The van der Waals surface area contributed by atoms with Gasteiger partial charge in [0.25, 0.3) is 11.8 Å². The highest BCUT2D eigenvalue weighted by Crippen LogP contribution is 2.31. The number of halogens is 1. The molecule has 1 aliphatic rings. The van der Waals surface area contributed by atoms with Crippen LogP contribution in [-0.2, 0) is 0 Å². The van der Waals surface area contributed by atoms with Crippen LogP contribution in [0.5, 0.6) is 0 Å². The molecular weight excluding hydrogens is 350 g/mol. The van der Waals surface area contributed by atoms with Gasteiger partial charge in [-0.15, -0.1) is 21.5 Å². The highest BCUT2D eigenvalue weighted by molar-refractivity contribution is 7.17. The Morgan fingerprint density at radius 1 is 1.25 bits per heavy atom. The standard InChI is InChI=1S/C16H14ClN3O3S/c17-13-2-1-12(24-13)16(21)20-6-3-10(4-7-20)14-18-19-15(23-14)11-5-8-22-9-11/h1-2,5,8-10H,3-4,6-7H2. The summed E-state index contributed by atoms with van der Waals surface area (Å²) in [5.41, 5.74) is 0.774. The number of hydrogen-bond acceptors (Lipinski definition) is 6. The smallest absolute Gasteiger partial charge is 0.263 e. The summed E-state index contributed by atoms with van der Waals surface area (Å²) < 4.78 is 11.4. The van der Waals surface area contributed by atoms with Crippen molar-refractivity contribution >= 4 is 28.8 Å². The second-order valence-corrected chi connectivity index (χ2v) is 7.34. The third-order valence-corrected chi connectivity index (χ3v) is 5.34. The van der Waals surface area contributed by atoms with Gasteiger partial charge in [-0.25, -0.2) is 0 Å². The molecule has 3 aromatic rings. The highest BCUT2D eigenvalue weighted by Gasteiger charge is 2.28. The Morgan fingerprint density at radius 3 is 2.75 bits per heavy atom. The van der Waals surface area contributed by atoms with Crippen LogP contribution in [0.3, 0.4) is 0 Å². The molecule has 0 unspecified atom stereocenters. The molecule has 124 valence electrons. The molecular formula is C16H14ClN3O3S. The quantitative estimate of drug-likeness (QED) is 0.701. The lowest BCUT2D eigenvalue weighted by Crippen LogP contribution is -2.37. The number of nitrogens with zero attached hydrogens (tertiary/aromatic N) is 3. The number of carbonyl (C=O) groups excluding carboxylic acids is 1.